The van der Waals surface area contributed by atoms with E-state index >= 15 is 0 Å². The first-order valence-electron chi connectivity index (χ1n) is 4.09. The van der Waals surface area contributed by atoms with Gasteiger partial charge in [0.2, 0.25) is 0 Å². The summed E-state index contributed by atoms with van der Waals surface area (Å²) in [6.07, 6.45) is 2.03. The highest BCUT2D eigenvalue weighted by Crippen LogP contribution is 2.13. The third-order valence-corrected chi connectivity index (χ3v) is 1.97. The van der Waals surface area contributed by atoms with Gasteiger partial charge in [0, 0.05) is 12.5 Å². The first-order valence-corrected chi connectivity index (χ1v) is 4.09. The number of hydrogen-bond donors (Lipinski definition) is 1. The molecular weight excluding hydrogens is 142 g/mol. The number of Topliss-reactive ketones (excluding diaryl/α,β-unsaturated/α-hetero) is 1. The molecule has 1 heterocycles. The van der Waals surface area contributed by atoms with Crippen LogP contribution in [-0.4, -0.2) is 32.6 Å². The van der Waals surface area contributed by atoms with Gasteiger partial charge in [-0.25, -0.2) is 0 Å². The molecule has 0 amide bonds. The molecule has 0 aromatic heterocycles. The molecule has 1 aliphatic heterocycles. The summed E-state index contributed by atoms with van der Waals surface area (Å²) in [5.41, 5.74) is 0. The van der Waals surface area contributed by atoms with Crippen LogP contribution in [-0.2, 0) is 9.53 Å². The molecule has 0 aliphatic carbocycles. The second-order valence-electron chi connectivity index (χ2n) is 2.91. The average molecular weight is 157 g/mol. The Bertz CT molecular complexity index is 130. The Morgan fingerprint density at radius 2 is 2.55 bits per heavy atom. The van der Waals surface area contributed by atoms with E-state index in [9.17, 15) is 4.79 Å². The zero-order chi connectivity index (χ0) is 8.10. The Morgan fingerprint density at radius 3 is 3.09 bits per heavy atom. The number of carbonyl (C=O) groups is 1. The maximum Gasteiger partial charge on any atom is 0.151 e. The minimum absolute atomic E-state index is 0.149. The fraction of sp³-hybridized carbons (Fsp3) is 0.875. The smallest absolute Gasteiger partial charge is 0.151 e. The van der Waals surface area contributed by atoms with Crippen molar-refractivity contribution in [2.75, 3.05) is 26.8 Å². The van der Waals surface area contributed by atoms with E-state index in [-0.39, 0.29) is 11.7 Å². The van der Waals surface area contributed by atoms with Crippen molar-refractivity contribution in [3.05, 3.63) is 0 Å². The van der Waals surface area contributed by atoms with E-state index < -0.39 is 0 Å². The predicted octanol–water partition coefficient (Wildman–Crippen LogP) is 0.201. The van der Waals surface area contributed by atoms with Crippen LogP contribution in [0.25, 0.3) is 0 Å². The van der Waals surface area contributed by atoms with Crippen LogP contribution >= 0.6 is 0 Å². The number of nitrogens with one attached hydrogen (secondary N) is 1. The van der Waals surface area contributed by atoms with E-state index in [2.05, 4.69) is 5.32 Å². The minimum Gasteiger partial charge on any atom is -0.381 e. The van der Waals surface area contributed by atoms with E-state index in [0.29, 0.717) is 13.2 Å². The summed E-state index contributed by atoms with van der Waals surface area (Å²) in [5.74, 6) is 0.434. The van der Waals surface area contributed by atoms with Crippen molar-refractivity contribution in [2.45, 2.75) is 12.8 Å². The first kappa shape index (κ1) is 8.68. The van der Waals surface area contributed by atoms with E-state index in [1.54, 1.807) is 7.05 Å². The summed E-state index contributed by atoms with van der Waals surface area (Å²) in [4.78, 5) is 11.3. The summed E-state index contributed by atoms with van der Waals surface area (Å²) in [6, 6.07) is 0. The van der Waals surface area contributed by atoms with Gasteiger partial charge in [0.1, 0.15) is 0 Å². The average Bonchev–Trinajstić information content (AvgIpc) is 2.07. The van der Waals surface area contributed by atoms with Gasteiger partial charge in [-0.1, -0.05) is 0 Å². The van der Waals surface area contributed by atoms with E-state index in [4.69, 9.17) is 4.74 Å². The van der Waals surface area contributed by atoms with Crippen LogP contribution in [0.1, 0.15) is 12.8 Å². The van der Waals surface area contributed by atoms with E-state index in [0.717, 1.165) is 19.4 Å². The zero-order valence-electron chi connectivity index (χ0n) is 6.93. The fourth-order valence-electron chi connectivity index (χ4n) is 1.31. The van der Waals surface area contributed by atoms with Crippen LogP contribution in [0.4, 0.5) is 0 Å². The van der Waals surface area contributed by atoms with Crippen molar-refractivity contribution in [1.29, 1.82) is 0 Å². The van der Waals surface area contributed by atoms with Gasteiger partial charge in [-0.05, 0) is 19.9 Å². The van der Waals surface area contributed by atoms with E-state index in [1.165, 1.54) is 0 Å². The Hall–Kier alpha value is -0.410. The largest absolute Gasteiger partial charge is 0.381 e. The molecule has 1 rings (SSSR count). The highest BCUT2D eigenvalue weighted by atomic mass is 16.5. The molecule has 1 fully saturated rings. The molecule has 1 aliphatic rings. The van der Waals surface area contributed by atoms with Crippen molar-refractivity contribution < 1.29 is 9.53 Å². The normalized spacial score (nSPS) is 25.0. The van der Waals surface area contributed by atoms with Gasteiger partial charge in [-0.3, -0.25) is 4.79 Å². The molecule has 0 radical (unpaired) electrons. The summed E-state index contributed by atoms with van der Waals surface area (Å²) in [6.45, 7) is 1.93. The van der Waals surface area contributed by atoms with Crippen molar-refractivity contribution in [3.63, 3.8) is 0 Å². The highest BCUT2D eigenvalue weighted by molar-refractivity contribution is 5.83. The number of rotatable bonds is 3. The minimum atomic E-state index is 0.149. The van der Waals surface area contributed by atoms with Crippen LogP contribution in [0.3, 0.4) is 0 Å². The first-order chi connectivity index (χ1) is 5.34. The van der Waals surface area contributed by atoms with Crippen LogP contribution < -0.4 is 5.32 Å². The molecule has 0 spiro atoms. The lowest BCUT2D eigenvalue weighted by Crippen LogP contribution is -2.31. The lowest BCUT2D eigenvalue weighted by molar-refractivity contribution is -0.125. The van der Waals surface area contributed by atoms with Crippen LogP contribution in [0.2, 0.25) is 0 Å². The summed E-state index contributed by atoms with van der Waals surface area (Å²) < 4.78 is 5.20. The molecule has 0 saturated carbocycles. The van der Waals surface area contributed by atoms with Crippen LogP contribution in [0, 0.1) is 5.92 Å². The fourth-order valence-corrected chi connectivity index (χ4v) is 1.31. The molecule has 64 valence electrons. The zero-order valence-corrected chi connectivity index (χ0v) is 6.93. The molecule has 1 saturated heterocycles. The Labute approximate surface area is 67.1 Å². The molecule has 3 nitrogen and oxygen atoms in total. The third-order valence-electron chi connectivity index (χ3n) is 1.97. The van der Waals surface area contributed by atoms with Crippen molar-refractivity contribution in [3.8, 4) is 0 Å². The van der Waals surface area contributed by atoms with Crippen LogP contribution in [0.15, 0.2) is 0 Å². The Balaban J connectivity index is 2.27. The van der Waals surface area contributed by atoms with Gasteiger partial charge < -0.3 is 10.1 Å². The van der Waals surface area contributed by atoms with Gasteiger partial charge in [0.15, 0.2) is 5.78 Å². The topological polar surface area (TPSA) is 38.3 Å². The quantitative estimate of drug-likeness (QED) is 0.636. The molecule has 1 atom stereocenters. The Kier molecular flexibility index (Phi) is 3.52. The third kappa shape index (κ3) is 2.60. The van der Waals surface area contributed by atoms with E-state index in [1.807, 2.05) is 0 Å². The molecular formula is C8H15NO2. The monoisotopic (exact) mass is 157 g/mol. The molecule has 0 bridgehead atoms. The lowest BCUT2D eigenvalue weighted by atomic mass is 9.97. The van der Waals surface area contributed by atoms with Gasteiger partial charge in [0.05, 0.1) is 13.2 Å². The summed E-state index contributed by atoms with van der Waals surface area (Å²) in [7, 11) is 1.79. The van der Waals surface area contributed by atoms with Crippen molar-refractivity contribution in [2.24, 2.45) is 5.92 Å². The standard InChI is InChI=1S/C8H15NO2/c1-9-5-8(10)7-3-2-4-11-6-7/h7,9H,2-6H2,1H3. The lowest BCUT2D eigenvalue weighted by Gasteiger charge is -2.20. The van der Waals surface area contributed by atoms with Gasteiger partial charge in [0.25, 0.3) is 0 Å². The number of likely N-dealkylation sites (N-methyl/N-ethyl adjacent to an activating group) is 1. The molecule has 0 aromatic rings. The molecule has 3 heteroatoms. The molecule has 11 heavy (non-hydrogen) atoms. The van der Waals surface area contributed by atoms with Gasteiger partial charge in [-0.2, -0.15) is 0 Å². The molecule has 0 aromatic carbocycles. The second kappa shape index (κ2) is 4.46. The maximum atomic E-state index is 11.3. The predicted molar refractivity (Wildman–Crippen MR) is 42.5 cm³/mol. The summed E-state index contributed by atoms with van der Waals surface area (Å²) in [5, 5.41) is 2.86. The van der Waals surface area contributed by atoms with Gasteiger partial charge >= 0.3 is 0 Å². The Morgan fingerprint density at radius 1 is 1.73 bits per heavy atom. The van der Waals surface area contributed by atoms with Crippen molar-refractivity contribution in [1.82, 2.24) is 5.32 Å². The number of ether oxygens (including phenoxy) is 1. The number of carbonyl (C=O) groups excluding carboxylic acids is 1. The second-order valence-corrected chi connectivity index (χ2v) is 2.91. The molecule has 1 N–H and O–H groups in total. The van der Waals surface area contributed by atoms with Crippen LogP contribution in [0.5, 0.6) is 0 Å². The maximum absolute atomic E-state index is 11.3. The van der Waals surface area contributed by atoms with Crippen molar-refractivity contribution >= 4 is 5.78 Å². The highest BCUT2D eigenvalue weighted by Gasteiger charge is 2.20. The molecule has 1 unspecified atom stereocenters. The number of ketones is 1. The number of hydrogen-bond acceptors (Lipinski definition) is 3. The SMILES string of the molecule is CNCC(=O)C1CCCOC1. The summed E-state index contributed by atoms with van der Waals surface area (Å²) >= 11 is 0. The van der Waals surface area contributed by atoms with Gasteiger partial charge in [-0.15, -0.1) is 0 Å².